The molecule has 0 amide bonds. The summed E-state index contributed by atoms with van der Waals surface area (Å²) in [5, 5.41) is 0. The average molecular weight is 494 g/mol. The first kappa shape index (κ1) is 25.4. The quantitative estimate of drug-likeness (QED) is 0.367. The van der Waals surface area contributed by atoms with Gasteiger partial charge in [0.2, 0.25) is 0 Å². The Balaban J connectivity index is 0.00000289. The van der Waals surface area contributed by atoms with Gasteiger partial charge in [-0.25, -0.2) is 0 Å². The second kappa shape index (κ2) is 10.9. The molecule has 0 aliphatic carbocycles. The maximum Gasteiger partial charge on any atom is 0.127 e. The number of hydrogen-bond acceptors (Lipinski definition) is 4. The van der Waals surface area contributed by atoms with Gasteiger partial charge in [-0.1, -0.05) is 48.5 Å². The van der Waals surface area contributed by atoms with Crippen molar-refractivity contribution < 1.29 is 14.2 Å². The molecule has 4 nitrogen and oxygen atoms in total. The SMILES string of the molecule is COc1ccc2c(c1)OC(C)(C)[C@H](c1ccccc1)[C@H]2c1ccc(OCCN2CCCC2)cc1.Cl. The van der Waals surface area contributed by atoms with E-state index in [1.54, 1.807) is 7.11 Å². The Labute approximate surface area is 215 Å². The van der Waals surface area contributed by atoms with Crippen molar-refractivity contribution in [2.24, 2.45) is 0 Å². The van der Waals surface area contributed by atoms with Crippen LogP contribution in [-0.2, 0) is 0 Å². The molecular weight excluding hydrogens is 458 g/mol. The molecule has 5 rings (SSSR count). The van der Waals surface area contributed by atoms with E-state index >= 15 is 0 Å². The number of fused-ring (bicyclic) bond motifs is 1. The summed E-state index contributed by atoms with van der Waals surface area (Å²) in [6.07, 6.45) is 2.62. The van der Waals surface area contributed by atoms with Crippen LogP contribution < -0.4 is 14.2 Å². The zero-order valence-corrected chi connectivity index (χ0v) is 21.7. The van der Waals surface area contributed by atoms with Gasteiger partial charge in [-0.05, 0) is 69.1 Å². The van der Waals surface area contributed by atoms with Crippen LogP contribution in [0.5, 0.6) is 17.2 Å². The Hall–Kier alpha value is -2.69. The molecule has 186 valence electrons. The van der Waals surface area contributed by atoms with Crippen molar-refractivity contribution in [3.8, 4) is 17.2 Å². The second-order valence-electron chi connectivity index (χ2n) is 9.94. The Bertz CT molecular complexity index is 1090. The van der Waals surface area contributed by atoms with Gasteiger partial charge in [0.15, 0.2) is 0 Å². The lowest BCUT2D eigenvalue weighted by molar-refractivity contribution is 0.0528. The molecule has 5 heteroatoms. The van der Waals surface area contributed by atoms with Crippen LogP contribution >= 0.6 is 12.4 Å². The van der Waals surface area contributed by atoms with Gasteiger partial charge in [0.05, 0.1) is 7.11 Å². The van der Waals surface area contributed by atoms with Crippen molar-refractivity contribution in [2.45, 2.75) is 44.1 Å². The number of hydrogen-bond donors (Lipinski definition) is 0. The predicted octanol–water partition coefficient (Wildman–Crippen LogP) is 6.68. The first-order chi connectivity index (χ1) is 16.5. The fraction of sp³-hybridized carbons (Fsp3) is 0.400. The van der Waals surface area contributed by atoms with E-state index in [0.717, 1.165) is 30.4 Å². The van der Waals surface area contributed by atoms with Crippen molar-refractivity contribution >= 4 is 12.4 Å². The molecule has 3 aromatic rings. The third kappa shape index (κ3) is 5.44. The summed E-state index contributed by atoms with van der Waals surface area (Å²) >= 11 is 0. The summed E-state index contributed by atoms with van der Waals surface area (Å²) in [7, 11) is 1.70. The van der Waals surface area contributed by atoms with Crippen LogP contribution in [-0.4, -0.2) is 43.9 Å². The van der Waals surface area contributed by atoms with Crippen molar-refractivity contribution in [1.82, 2.24) is 4.90 Å². The van der Waals surface area contributed by atoms with Gasteiger partial charge in [0, 0.05) is 30.0 Å². The highest BCUT2D eigenvalue weighted by Crippen LogP contribution is 2.53. The molecule has 0 radical (unpaired) electrons. The third-order valence-electron chi connectivity index (χ3n) is 7.28. The summed E-state index contributed by atoms with van der Waals surface area (Å²) < 4.78 is 18.2. The largest absolute Gasteiger partial charge is 0.497 e. The van der Waals surface area contributed by atoms with Crippen LogP contribution in [0.2, 0.25) is 0 Å². The van der Waals surface area contributed by atoms with Gasteiger partial charge < -0.3 is 14.2 Å². The van der Waals surface area contributed by atoms with Crippen LogP contribution in [0.1, 0.15) is 55.2 Å². The Kier molecular flexibility index (Phi) is 7.93. The standard InChI is InChI=1S/C30H35NO3.ClH/c1-30(2)29(23-9-5-4-6-10-23)28(26-16-15-25(32-3)21-27(26)34-30)22-11-13-24(14-12-22)33-20-19-31-17-7-8-18-31;/h4-6,9-16,21,28-29H,7-8,17-20H2,1-3H3;1H/t28-,29+;/m0./s1. The Morgan fingerprint density at radius 3 is 2.26 bits per heavy atom. The van der Waals surface area contributed by atoms with E-state index in [0.29, 0.717) is 0 Å². The van der Waals surface area contributed by atoms with Crippen LogP contribution in [0.25, 0.3) is 0 Å². The zero-order chi connectivity index (χ0) is 23.5. The van der Waals surface area contributed by atoms with E-state index in [-0.39, 0.29) is 24.2 Å². The minimum Gasteiger partial charge on any atom is -0.497 e. The molecule has 0 spiro atoms. The second-order valence-corrected chi connectivity index (χ2v) is 9.94. The minimum absolute atomic E-state index is 0. The molecule has 0 aromatic heterocycles. The lowest BCUT2D eigenvalue weighted by atomic mass is 9.68. The van der Waals surface area contributed by atoms with E-state index in [2.05, 4.69) is 79.4 Å². The van der Waals surface area contributed by atoms with Gasteiger partial charge in [-0.3, -0.25) is 4.90 Å². The Morgan fingerprint density at radius 1 is 0.886 bits per heavy atom. The molecule has 0 bridgehead atoms. The van der Waals surface area contributed by atoms with Crippen LogP contribution in [0.3, 0.4) is 0 Å². The molecule has 0 saturated carbocycles. The molecule has 2 aliphatic rings. The molecular formula is C30H36ClNO3. The summed E-state index contributed by atoms with van der Waals surface area (Å²) in [4.78, 5) is 2.48. The summed E-state index contributed by atoms with van der Waals surface area (Å²) in [5.74, 6) is 2.96. The number of ether oxygens (including phenoxy) is 3. The van der Waals surface area contributed by atoms with Crippen molar-refractivity contribution in [3.63, 3.8) is 0 Å². The van der Waals surface area contributed by atoms with Crippen molar-refractivity contribution in [2.75, 3.05) is 33.4 Å². The van der Waals surface area contributed by atoms with Gasteiger partial charge in [-0.15, -0.1) is 12.4 Å². The lowest BCUT2D eigenvalue weighted by Gasteiger charge is -2.45. The fourth-order valence-electron chi connectivity index (χ4n) is 5.61. The van der Waals surface area contributed by atoms with E-state index < -0.39 is 5.60 Å². The average Bonchev–Trinajstić information content (AvgIpc) is 3.37. The van der Waals surface area contributed by atoms with Crippen molar-refractivity contribution in [3.05, 3.63) is 89.5 Å². The summed E-state index contributed by atoms with van der Waals surface area (Å²) in [6, 6.07) is 25.6. The normalized spacial score (nSPS) is 20.9. The molecule has 3 aromatic carbocycles. The van der Waals surface area contributed by atoms with E-state index in [1.165, 1.54) is 42.6 Å². The number of halogens is 1. The van der Waals surface area contributed by atoms with Gasteiger partial charge >= 0.3 is 0 Å². The first-order valence-corrected chi connectivity index (χ1v) is 12.4. The molecule has 35 heavy (non-hydrogen) atoms. The van der Waals surface area contributed by atoms with Crippen LogP contribution in [0, 0.1) is 0 Å². The summed E-state index contributed by atoms with van der Waals surface area (Å²) in [6.45, 7) is 8.52. The highest BCUT2D eigenvalue weighted by atomic mass is 35.5. The third-order valence-corrected chi connectivity index (χ3v) is 7.28. The summed E-state index contributed by atoms with van der Waals surface area (Å²) in [5.41, 5.74) is 3.35. The van der Waals surface area contributed by atoms with Gasteiger partial charge in [0.1, 0.15) is 29.5 Å². The molecule has 2 heterocycles. The minimum atomic E-state index is -0.393. The first-order valence-electron chi connectivity index (χ1n) is 12.4. The predicted molar refractivity (Wildman–Crippen MR) is 144 cm³/mol. The molecule has 0 unspecified atom stereocenters. The van der Waals surface area contributed by atoms with Gasteiger partial charge in [-0.2, -0.15) is 0 Å². The monoisotopic (exact) mass is 493 g/mol. The molecule has 2 aliphatic heterocycles. The smallest absolute Gasteiger partial charge is 0.127 e. The fourth-order valence-corrected chi connectivity index (χ4v) is 5.61. The zero-order valence-electron chi connectivity index (χ0n) is 20.9. The maximum absolute atomic E-state index is 6.60. The molecule has 0 N–H and O–H groups in total. The number of rotatable bonds is 7. The number of benzene rings is 3. The van der Waals surface area contributed by atoms with E-state index in [4.69, 9.17) is 14.2 Å². The lowest BCUT2D eigenvalue weighted by Crippen LogP contribution is -2.43. The van der Waals surface area contributed by atoms with Crippen LogP contribution in [0.15, 0.2) is 72.8 Å². The highest BCUT2D eigenvalue weighted by Gasteiger charge is 2.45. The number of nitrogens with zero attached hydrogens (tertiary/aromatic N) is 1. The Morgan fingerprint density at radius 2 is 1.57 bits per heavy atom. The van der Waals surface area contributed by atoms with E-state index in [9.17, 15) is 0 Å². The molecule has 1 fully saturated rings. The van der Waals surface area contributed by atoms with Crippen LogP contribution in [0.4, 0.5) is 0 Å². The maximum atomic E-state index is 6.60. The van der Waals surface area contributed by atoms with Crippen molar-refractivity contribution in [1.29, 1.82) is 0 Å². The molecule has 2 atom stereocenters. The highest BCUT2D eigenvalue weighted by molar-refractivity contribution is 5.85. The number of methoxy groups -OCH3 is 1. The van der Waals surface area contributed by atoms with E-state index in [1.807, 2.05) is 12.1 Å². The topological polar surface area (TPSA) is 30.9 Å². The number of likely N-dealkylation sites (tertiary alicyclic amines) is 1. The van der Waals surface area contributed by atoms with Gasteiger partial charge in [0.25, 0.3) is 0 Å². The molecule has 1 saturated heterocycles.